The molecule has 218 valence electrons. The van der Waals surface area contributed by atoms with Gasteiger partial charge in [0.15, 0.2) is 0 Å². The summed E-state index contributed by atoms with van der Waals surface area (Å²) in [6, 6.07) is 11.2. The van der Waals surface area contributed by atoms with Gasteiger partial charge in [-0.25, -0.2) is 16.8 Å². The fourth-order valence-corrected chi connectivity index (χ4v) is 10.0. The van der Waals surface area contributed by atoms with E-state index in [0.717, 1.165) is 19.3 Å². The van der Waals surface area contributed by atoms with Crippen molar-refractivity contribution in [3.05, 3.63) is 63.4 Å². The van der Waals surface area contributed by atoms with Crippen LogP contribution in [-0.2, 0) is 20.0 Å². The third-order valence-corrected chi connectivity index (χ3v) is 11.7. The zero-order valence-corrected chi connectivity index (χ0v) is 25.1. The van der Waals surface area contributed by atoms with E-state index in [1.165, 1.54) is 26.8 Å². The Bertz CT molecular complexity index is 1530. The van der Waals surface area contributed by atoms with Gasteiger partial charge >= 0.3 is 0 Å². The Morgan fingerprint density at radius 3 is 2.10 bits per heavy atom. The Labute approximate surface area is 237 Å². The molecule has 2 aromatic carbocycles. The van der Waals surface area contributed by atoms with Crippen molar-refractivity contribution in [2.45, 2.75) is 46.0 Å². The van der Waals surface area contributed by atoms with E-state index in [9.17, 15) is 27.0 Å². The molecule has 40 heavy (non-hydrogen) atoms. The van der Waals surface area contributed by atoms with Crippen molar-refractivity contribution in [1.29, 1.82) is 0 Å². The molecule has 2 aliphatic heterocycles. The van der Waals surface area contributed by atoms with Crippen LogP contribution >= 0.6 is 0 Å². The summed E-state index contributed by atoms with van der Waals surface area (Å²) in [5.41, 5.74) is 1.21. The molecule has 3 N–H and O–H groups in total. The largest absolute Gasteiger partial charge is 0.872 e. The van der Waals surface area contributed by atoms with Crippen molar-refractivity contribution in [2.75, 3.05) is 35.8 Å². The van der Waals surface area contributed by atoms with Gasteiger partial charge in [-0.1, -0.05) is 49.3 Å². The number of allylic oxidation sites excluding steroid dienone is 2. The van der Waals surface area contributed by atoms with Gasteiger partial charge in [-0.05, 0) is 62.4 Å². The van der Waals surface area contributed by atoms with E-state index in [2.05, 4.69) is 0 Å². The third-order valence-electron chi connectivity index (χ3n) is 7.70. The van der Waals surface area contributed by atoms with Crippen LogP contribution in [0.2, 0.25) is 0 Å². The van der Waals surface area contributed by atoms with Crippen molar-refractivity contribution in [2.24, 2.45) is 11.8 Å². The molecular weight excluding hydrogens is 550 g/mol. The topological polar surface area (TPSA) is 135 Å². The Hall–Kier alpha value is -3.02. The minimum Gasteiger partial charge on any atom is -0.872 e. The number of sulfonamides is 2. The predicted octanol–water partition coefficient (Wildman–Crippen LogP) is 3.37. The Morgan fingerprint density at radius 2 is 1.48 bits per heavy atom. The van der Waals surface area contributed by atoms with Crippen LogP contribution in [0.5, 0.6) is 5.75 Å². The van der Waals surface area contributed by atoms with E-state index in [1.54, 1.807) is 44.2 Å². The van der Waals surface area contributed by atoms with Crippen LogP contribution < -0.4 is 19.0 Å². The monoisotopic (exact) mass is 589 g/mol. The van der Waals surface area contributed by atoms with Gasteiger partial charge in [-0.15, -0.1) is 0 Å². The van der Waals surface area contributed by atoms with Gasteiger partial charge in [-0.3, -0.25) is 8.61 Å². The first-order chi connectivity index (χ1) is 19.1. The van der Waals surface area contributed by atoms with E-state index in [0.29, 0.717) is 24.1 Å². The van der Waals surface area contributed by atoms with Crippen LogP contribution in [0.3, 0.4) is 0 Å². The lowest BCUT2D eigenvalue weighted by atomic mass is 9.78. The summed E-state index contributed by atoms with van der Waals surface area (Å²) in [5, 5.41) is 26.4. The molecule has 0 amide bonds. The first-order valence-corrected chi connectivity index (χ1v) is 16.8. The standard InChI is InChI=1S/C27H32N2O6S2.C2H7N/c1-3-28-22-15-10-16-23(30)20(22)17-24(36(28,32)33)25(18-11-6-5-7-12-18)27-26(31)19-13-8-9-14-21(19)29(4-2)37(27,34)35;1-3-2/h8-10,13-18,25,30-31H,3-7,11-12H2,1-2H3;3H,1-2H3. The molecule has 0 bridgehead atoms. The summed E-state index contributed by atoms with van der Waals surface area (Å²) < 4.78 is 58.9. The molecule has 9 nitrogen and oxygen atoms in total. The number of nitrogens with two attached hydrogens (primary N) is 1. The average molecular weight is 590 g/mol. The van der Waals surface area contributed by atoms with E-state index in [1.807, 2.05) is 19.4 Å². The first-order valence-electron chi connectivity index (χ1n) is 13.9. The molecule has 0 aromatic heterocycles. The normalized spacial score (nSPS) is 20.6. The van der Waals surface area contributed by atoms with Gasteiger partial charge in [0, 0.05) is 24.6 Å². The second-order valence-electron chi connectivity index (χ2n) is 10.3. The number of benzene rings is 2. The molecule has 0 radical (unpaired) electrons. The summed E-state index contributed by atoms with van der Waals surface area (Å²) in [5.74, 6) is -2.21. The highest BCUT2D eigenvalue weighted by Crippen LogP contribution is 2.51. The molecule has 3 aliphatic rings. The summed E-state index contributed by atoms with van der Waals surface area (Å²) in [7, 11) is -4.47. The molecule has 1 unspecified atom stereocenters. The van der Waals surface area contributed by atoms with Crippen molar-refractivity contribution >= 4 is 43.3 Å². The Morgan fingerprint density at radius 1 is 0.900 bits per heavy atom. The predicted molar refractivity (Wildman–Crippen MR) is 158 cm³/mol. The van der Waals surface area contributed by atoms with E-state index < -0.39 is 31.7 Å². The number of fused-ring (bicyclic) bond motifs is 2. The van der Waals surface area contributed by atoms with Gasteiger partial charge in [0.05, 0.1) is 30.4 Å². The highest BCUT2D eigenvalue weighted by molar-refractivity contribution is 7.98. The van der Waals surface area contributed by atoms with Gasteiger partial charge < -0.3 is 15.5 Å². The molecule has 1 fully saturated rings. The quantitative estimate of drug-likeness (QED) is 0.549. The Balaban J connectivity index is 0.00000118. The van der Waals surface area contributed by atoms with Crippen LogP contribution in [0.4, 0.5) is 11.4 Å². The van der Waals surface area contributed by atoms with Crippen molar-refractivity contribution in [3.8, 4) is 5.75 Å². The number of aliphatic hydroxyl groups is 1. The maximum Gasteiger partial charge on any atom is 0.264 e. The molecular formula is C29H39N3O6S2. The molecule has 5 rings (SSSR count). The fraction of sp³-hybridized carbons (Fsp3) is 0.448. The van der Waals surface area contributed by atoms with E-state index >= 15 is 0 Å². The summed E-state index contributed by atoms with van der Waals surface area (Å²) in [6.07, 6.45) is 5.23. The lowest BCUT2D eigenvalue weighted by Gasteiger charge is -2.41. The number of para-hydroxylation sites is 1. The number of nitrogens with zero attached hydrogens (tertiary/aromatic N) is 2. The number of aliphatic hydroxyl groups excluding tert-OH is 1. The number of hydrogen-bond donors (Lipinski definition) is 2. The highest BCUT2D eigenvalue weighted by atomic mass is 32.2. The number of quaternary nitrogens is 1. The zero-order valence-electron chi connectivity index (χ0n) is 23.5. The number of anilines is 2. The molecule has 0 saturated heterocycles. The van der Waals surface area contributed by atoms with Crippen molar-refractivity contribution in [3.63, 3.8) is 0 Å². The second-order valence-corrected chi connectivity index (χ2v) is 14.0. The molecule has 1 aliphatic carbocycles. The summed E-state index contributed by atoms with van der Waals surface area (Å²) in [6.45, 7) is 3.59. The van der Waals surface area contributed by atoms with Crippen LogP contribution in [0.1, 0.15) is 57.1 Å². The average Bonchev–Trinajstić information content (AvgIpc) is 2.92. The minimum absolute atomic E-state index is 0.0786. The number of rotatable bonds is 5. The first kappa shape index (κ1) is 30.0. The van der Waals surface area contributed by atoms with Crippen LogP contribution in [-0.4, -0.2) is 49.1 Å². The maximum absolute atomic E-state index is 14.1. The smallest absolute Gasteiger partial charge is 0.264 e. The molecule has 1 saturated carbocycles. The molecule has 11 heteroatoms. The molecule has 2 heterocycles. The minimum atomic E-state index is -4.28. The lowest BCUT2D eigenvalue weighted by Crippen LogP contribution is -2.74. The van der Waals surface area contributed by atoms with Gasteiger partial charge in [0.1, 0.15) is 10.7 Å². The van der Waals surface area contributed by atoms with Crippen molar-refractivity contribution in [1.82, 2.24) is 0 Å². The molecule has 2 aromatic rings. The zero-order chi connectivity index (χ0) is 29.2. The van der Waals surface area contributed by atoms with Crippen LogP contribution in [0.15, 0.2) is 52.3 Å². The molecule has 0 spiro atoms. The maximum atomic E-state index is 14.1. The van der Waals surface area contributed by atoms with Gasteiger partial charge in [0.2, 0.25) is 0 Å². The summed E-state index contributed by atoms with van der Waals surface area (Å²) >= 11 is 0. The Kier molecular flexibility index (Phi) is 8.86. The lowest BCUT2D eigenvalue weighted by molar-refractivity contribution is -0.597. The SMILES string of the molecule is CCN1c2ccccc2C(O)=C(C(C2=Cc3c([O-])cccc3N(CC)S2(=O)=O)C2CCCCC2)S1(=O)=O.C[NH2+]C. The van der Waals surface area contributed by atoms with Crippen LogP contribution in [0, 0.1) is 11.8 Å². The second kappa shape index (κ2) is 11.8. The number of hydrogen-bond acceptors (Lipinski definition) is 6. The van der Waals surface area contributed by atoms with Crippen molar-refractivity contribution < 1.29 is 32.4 Å². The highest BCUT2D eigenvalue weighted by Gasteiger charge is 2.49. The fourth-order valence-electron chi connectivity index (χ4n) is 6.04. The van der Waals surface area contributed by atoms with Crippen LogP contribution in [0.25, 0.3) is 11.8 Å². The van der Waals surface area contributed by atoms with Gasteiger partial charge in [0.25, 0.3) is 20.0 Å². The summed E-state index contributed by atoms with van der Waals surface area (Å²) in [4.78, 5) is -0.435. The van der Waals surface area contributed by atoms with Gasteiger partial charge in [-0.2, -0.15) is 0 Å². The molecule has 1 atom stereocenters. The van der Waals surface area contributed by atoms with E-state index in [4.69, 9.17) is 0 Å². The third kappa shape index (κ3) is 4.99. The van der Waals surface area contributed by atoms with E-state index in [-0.39, 0.29) is 45.8 Å².